The number of amides is 1. The molecular weight excluding hydrogens is 318 g/mol. The van der Waals surface area contributed by atoms with Crippen LogP contribution >= 0.6 is 15.9 Å². The smallest absolute Gasteiger partial charge is 0.262 e. The number of carbonyl (C=O) groups is 1. The second-order valence-electron chi connectivity index (χ2n) is 4.75. The van der Waals surface area contributed by atoms with E-state index >= 15 is 0 Å². The summed E-state index contributed by atoms with van der Waals surface area (Å²) >= 11 is 3.40. The van der Waals surface area contributed by atoms with Crippen molar-refractivity contribution in [2.45, 2.75) is 31.4 Å². The van der Waals surface area contributed by atoms with Gasteiger partial charge in [0.25, 0.3) is 5.92 Å². The minimum atomic E-state index is -2.79. The maximum Gasteiger partial charge on any atom is 0.262 e. The van der Waals surface area contributed by atoms with Crippen molar-refractivity contribution in [1.29, 1.82) is 0 Å². The monoisotopic (exact) mass is 332 g/mol. The molecule has 1 aromatic rings. The average molecular weight is 333 g/mol. The maximum atomic E-state index is 13.0. The van der Waals surface area contributed by atoms with Crippen molar-refractivity contribution in [3.63, 3.8) is 0 Å². The van der Waals surface area contributed by atoms with Crippen LogP contribution in [-0.4, -0.2) is 24.4 Å². The predicted octanol–water partition coefficient (Wildman–Crippen LogP) is 2.62. The second-order valence-corrected chi connectivity index (χ2v) is 5.60. The van der Waals surface area contributed by atoms with Crippen molar-refractivity contribution in [1.82, 2.24) is 10.6 Å². The second kappa shape index (κ2) is 5.54. The standard InChI is InChI=1S/C13H15BrF2N2O/c1-8(9-4-2-3-5-10(9)14)18-12(19)11-6-13(15,16)7-17-11/h2-5,8,11,17H,6-7H2,1H3,(H,18,19). The van der Waals surface area contributed by atoms with Gasteiger partial charge in [-0.2, -0.15) is 0 Å². The van der Waals surface area contributed by atoms with Gasteiger partial charge in [0.1, 0.15) is 0 Å². The summed E-state index contributed by atoms with van der Waals surface area (Å²) in [4.78, 5) is 11.9. The largest absolute Gasteiger partial charge is 0.348 e. The van der Waals surface area contributed by atoms with Gasteiger partial charge in [-0.15, -0.1) is 0 Å². The number of benzene rings is 1. The minimum Gasteiger partial charge on any atom is -0.348 e. The van der Waals surface area contributed by atoms with Crippen molar-refractivity contribution < 1.29 is 13.6 Å². The number of nitrogens with one attached hydrogen (secondary N) is 2. The molecule has 1 amide bonds. The fourth-order valence-corrected chi connectivity index (χ4v) is 2.75. The van der Waals surface area contributed by atoms with Crippen LogP contribution < -0.4 is 10.6 Å². The Labute approximate surface area is 118 Å². The van der Waals surface area contributed by atoms with Gasteiger partial charge in [0, 0.05) is 10.9 Å². The zero-order valence-corrected chi connectivity index (χ0v) is 12.0. The lowest BCUT2D eigenvalue weighted by Crippen LogP contribution is -2.41. The zero-order chi connectivity index (χ0) is 14.0. The van der Waals surface area contributed by atoms with Gasteiger partial charge in [-0.05, 0) is 18.6 Å². The van der Waals surface area contributed by atoms with E-state index in [1.807, 2.05) is 31.2 Å². The highest BCUT2D eigenvalue weighted by atomic mass is 79.9. The summed E-state index contributed by atoms with van der Waals surface area (Å²) in [5, 5.41) is 5.30. The lowest BCUT2D eigenvalue weighted by Gasteiger charge is -2.18. The van der Waals surface area contributed by atoms with Gasteiger partial charge in [-0.1, -0.05) is 34.1 Å². The Morgan fingerprint density at radius 3 is 2.79 bits per heavy atom. The number of halogens is 3. The molecule has 6 heteroatoms. The fraction of sp³-hybridized carbons (Fsp3) is 0.462. The Kier molecular flexibility index (Phi) is 4.20. The minimum absolute atomic E-state index is 0.237. The van der Waals surface area contributed by atoms with Gasteiger partial charge in [-0.25, -0.2) is 8.78 Å². The molecule has 1 aromatic carbocycles. The van der Waals surface area contributed by atoms with E-state index in [1.54, 1.807) is 0 Å². The first-order valence-corrected chi connectivity index (χ1v) is 6.84. The van der Waals surface area contributed by atoms with E-state index in [2.05, 4.69) is 26.6 Å². The Morgan fingerprint density at radius 2 is 2.21 bits per heavy atom. The van der Waals surface area contributed by atoms with Crippen LogP contribution in [0, 0.1) is 0 Å². The predicted molar refractivity (Wildman–Crippen MR) is 72.1 cm³/mol. The molecule has 2 N–H and O–H groups in total. The molecule has 1 heterocycles. The highest BCUT2D eigenvalue weighted by Gasteiger charge is 2.42. The topological polar surface area (TPSA) is 41.1 Å². The van der Waals surface area contributed by atoms with Crippen LogP contribution in [0.25, 0.3) is 0 Å². The molecule has 1 aliphatic rings. The van der Waals surface area contributed by atoms with Gasteiger partial charge in [0.15, 0.2) is 0 Å². The average Bonchev–Trinajstić information content (AvgIpc) is 2.70. The molecule has 104 valence electrons. The molecule has 19 heavy (non-hydrogen) atoms. The first-order chi connectivity index (χ1) is 8.89. The summed E-state index contributed by atoms with van der Waals surface area (Å²) in [6, 6.07) is 6.44. The summed E-state index contributed by atoms with van der Waals surface area (Å²) in [5.74, 6) is -3.18. The number of carbonyl (C=O) groups excluding carboxylic acids is 1. The molecule has 0 aromatic heterocycles. The van der Waals surface area contributed by atoms with Crippen molar-refractivity contribution >= 4 is 21.8 Å². The molecule has 2 atom stereocenters. The van der Waals surface area contributed by atoms with E-state index in [9.17, 15) is 13.6 Å². The number of hydrogen-bond acceptors (Lipinski definition) is 2. The van der Waals surface area contributed by atoms with Gasteiger partial charge >= 0.3 is 0 Å². The summed E-state index contributed by atoms with van der Waals surface area (Å²) in [7, 11) is 0. The van der Waals surface area contributed by atoms with E-state index in [1.165, 1.54) is 0 Å². The molecule has 3 nitrogen and oxygen atoms in total. The summed E-state index contributed by atoms with van der Waals surface area (Å²) < 4.78 is 26.9. The van der Waals surface area contributed by atoms with Crippen molar-refractivity contribution in [2.24, 2.45) is 0 Å². The van der Waals surface area contributed by atoms with E-state index in [0.717, 1.165) is 10.0 Å². The Morgan fingerprint density at radius 1 is 1.53 bits per heavy atom. The van der Waals surface area contributed by atoms with Crippen molar-refractivity contribution in [3.05, 3.63) is 34.3 Å². The van der Waals surface area contributed by atoms with Gasteiger partial charge in [0.2, 0.25) is 5.91 Å². The summed E-state index contributed by atoms with van der Waals surface area (Å²) in [6.45, 7) is 1.39. The van der Waals surface area contributed by atoms with Gasteiger partial charge < -0.3 is 5.32 Å². The summed E-state index contributed by atoms with van der Waals surface area (Å²) in [5.41, 5.74) is 0.917. The Hall–Kier alpha value is -1.01. The number of hydrogen-bond donors (Lipinski definition) is 2. The highest BCUT2D eigenvalue weighted by molar-refractivity contribution is 9.10. The number of alkyl halides is 2. The quantitative estimate of drug-likeness (QED) is 0.893. The lowest BCUT2D eigenvalue weighted by atomic mass is 10.1. The van der Waals surface area contributed by atoms with Crippen LogP contribution in [0.3, 0.4) is 0 Å². The van der Waals surface area contributed by atoms with E-state index in [-0.39, 0.29) is 11.9 Å². The van der Waals surface area contributed by atoms with Crippen LogP contribution in [0.1, 0.15) is 24.9 Å². The van der Waals surface area contributed by atoms with Crippen LogP contribution in [0.5, 0.6) is 0 Å². The van der Waals surface area contributed by atoms with Crippen LogP contribution in [-0.2, 0) is 4.79 Å². The van der Waals surface area contributed by atoms with Gasteiger partial charge in [-0.3, -0.25) is 10.1 Å². The zero-order valence-electron chi connectivity index (χ0n) is 10.4. The molecule has 2 unspecified atom stereocenters. The molecule has 0 bridgehead atoms. The lowest BCUT2D eigenvalue weighted by molar-refractivity contribution is -0.124. The molecule has 1 saturated heterocycles. The Balaban J connectivity index is 1.98. The molecule has 0 spiro atoms. The SMILES string of the molecule is CC(NC(=O)C1CC(F)(F)CN1)c1ccccc1Br. The molecule has 0 radical (unpaired) electrons. The molecule has 0 saturated carbocycles. The summed E-state index contributed by atoms with van der Waals surface area (Å²) in [6.07, 6.45) is -0.443. The van der Waals surface area contributed by atoms with E-state index < -0.39 is 24.9 Å². The highest BCUT2D eigenvalue weighted by Crippen LogP contribution is 2.26. The van der Waals surface area contributed by atoms with Crippen LogP contribution in [0.2, 0.25) is 0 Å². The molecule has 2 rings (SSSR count). The molecular formula is C13H15BrF2N2O. The third kappa shape index (κ3) is 3.51. The van der Waals surface area contributed by atoms with Crippen LogP contribution in [0.4, 0.5) is 8.78 Å². The van der Waals surface area contributed by atoms with Crippen molar-refractivity contribution in [3.8, 4) is 0 Å². The third-order valence-electron chi connectivity index (χ3n) is 3.16. The maximum absolute atomic E-state index is 13.0. The van der Waals surface area contributed by atoms with Crippen molar-refractivity contribution in [2.75, 3.05) is 6.54 Å². The normalized spacial score (nSPS) is 23.1. The van der Waals surface area contributed by atoms with Gasteiger partial charge in [0.05, 0.1) is 18.6 Å². The fourth-order valence-electron chi connectivity index (χ4n) is 2.12. The molecule has 1 fully saturated rings. The van der Waals surface area contributed by atoms with E-state index in [0.29, 0.717) is 0 Å². The molecule has 1 aliphatic heterocycles. The van der Waals surface area contributed by atoms with E-state index in [4.69, 9.17) is 0 Å². The third-order valence-corrected chi connectivity index (χ3v) is 3.88. The molecule has 0 aliphatic carbocycles. The Bertz CT molecular complexity index is 481. The van der Waals surface area contributed by atoms with Crippen LogP contribution in [0.15, 0.2) is 28.7 Å². The first-order valence-electron chi connectivity index (χ1n) is 6.05. The number of rotatable bonds is 3. The first kappa shape index (κ1) is 14.4.